The molecule has 3 rings (SSSR count). The monoisotopic (exact) mass is 394 g/mol. The number of benzene rings is 3. The average molecular weight is 394 g/mol. The van der Waals surface area contributed by atoms with E-state index in [9.17, 15) is 25.9 Å². The van der Waals surface area contributed by atoms with E-state index in [1.54, 1.807) is 48.5 Å². The van der Waals surface area contributed by atoms with Crippen molar-refractivity contribution in [3.8, 4) is 0 Å². The van der Waals surface area contributed by atoms with Crippen LogP contribution >= 0.6 is 0 Å². The largest absolute Gasteiger partial charge is 0.769 e. The van der Waals surface area contributed by atoms with Crippen LogP contribution in [0, 0.1) is 10.4 Å². The second kappa shape index (κ2) is 9.15. The Labute approximate surface area is 166 Å². The first-order valence-electron chi connectivity index (χ1n) is 8.55. The van der Waals surface area contributed by atoms with E-state index in [2.05, 4.69) is 10.5 Å². The summed E-state index contributed by atoms with van der Waals surface area (Å²) in [5, 5.41) is 54.9. The first-order chi connectivity index (χ1) is 14.0. The Kier molecular flexibility index (Phi) is 6.39. The number of aliphatic hydroxyl groups is 1. The molecule has 0 radical (unpaired) electrons. The van der Waals surface area contributed by atoms with E-state index in [-0.39, 0.29) is 28.0 Å². The third-order valence-corrected chi connectivity index (χ3v) is 4.15. The Morgan fingerprint density at radius 3 is 2.10 bits per heavy atom. The van der Waals surface area contributed by atoms with Crippen molar-refractivity contribution in [1.29, 1.82) is 0 Å². The van der Waals surface area contributed by atoms with Gasteiger partial charge in [-0.25, -0.2) is 0 Å². The summed E-state index contributed by atoms with van der Waals surface area (Å²) >= 11 is 0. The molecular weight excluding hydrogens is 376 g/mol. The van der Waals surface area contributed by atoms with Crippen LogP contribution in [-0.2, 0) is 0 Å². The van der Waals surface area contributed by atoms with Gasteiger partial charge in [-0.3, -0.25) is 15.8 Å². The van der Waals surface area contributed by atoms with Crippen LogP contribution in [0.2, 0.25) is 0 Å². The zero-order chi connectivity index (χ0) is 20.8. The van der Waals surface area contributed by atoms with Crippen LogP contribution in [0.25, 0.3) is 0 Å². The van der Waals surface area contributed by atoms with Gasteiger partial charge in [0.2, 0.25) is 0 Å². The Hall–Kier alpha value is -3.47. The van der Waals surface area contributed by atoms with Crippen molar-refractivity contribution in [2.75, 3.05) is 15.9 Å². The molecule has 150 valence electrons. The second-order valence-electron chi connectivity index (χ2n) is 6.04. The number of aliphatic hydroxyl groups excluding tert-OH is 1. The topological polar surface area (TPSA) is 138 Å². The summed E-state index contributed by atoms with van der Waals surface area (Å²) in [6.45, 7) is 0. The first-order valence-corrected chi connectivity index (χ1v) is 8.55. The van der Waals surface area contributed by atoms with Gasteiger partial charge >= 0.3 is 0 Å². The second-order valence-corrected chi connectivity index (χ2v) is 6.04. The number of hydrogen-bond donors (Lipinski definition) is 4. The minimum atomic E-state index is -1.06. The number of nitrogens with zero attached hydrogens (tertiary/aromatic N) is 3. The van der Waals surface area contributed by atoms with Gasteiger partial charge in [0.05, 0.1) is 5.69 Å². The third kappa shape index (κ3) is 4.88. The molecule has 1 atom stereocenters. The van der Waals surface area contributed by atoms with Gasteiger partial charge in [0, 0.05) is 11.3 Å². The molecule has 0 amide bonds. The molecule has 0 aliphatic rings. The van der Waals surface area contributed by atoms with E-state index < -0.39 is 11.3 Å². The fourth-order valence-corrected chi connectivity index (χ4v) is 2.70. The molecule has 4 N–H and O–H groups in total. The van der Waals surface area contributed by atoms with E-state index >= 15 is 0 Å². The molecule has 29 heavy (non-hydrogen) atoms. The maximum absolute atomic E-state index is 10.9. The lowest BCUT2D eigenvalue weighted by Gasteiger charge is -2.37. The van der Waals surface area contributed by atoms with E-state index in [1.807, 2.05) is 12.1 Å². The van der Waals surface area contributed by atoms with Crippen molar-refractivity contribution in [3.63, 3.8) is 0 Å². The van der Waals surface area contributed by atoms with Gasteiger partial charge in [-0.1, -0.05) is 60.7 Å². The minimum Gasteiger partial charge on any atom is -0.769 e. The maximum atomic E-state index is 10.9. The highest BCUT2D eigenvalue weighted by atomic mass is 16.8. The molecule has 0 fully saturated rings. The average Bonchev–Trinajstić information content (AvgIpc) is 2.75. The number of nitrogens with one attached hydrogen (secondary N) is 1. The van der Waals surface area contributed by atoms with Crippen molar-refractivity contribution in [1.82, 2.24) is 0 Å². The highest BCUT2D eigenvalue weighted by molar-refractivity contribution is 6.04. The minimum absolute atomic E-state index is 0.0919. The molecule has 0 aliphatic carbocycles. The molecule has 0 spiro atoms. The summed E-state index contributed by atoms with van der Waals surface area (Å²) in [5.74, 6) is 0. The van der Waals surface area contributed by atoms with Crippen molar-refractivity contribution >= 4 is 22.8 Å². The normalized spacial score (nSPS) is 12.4. The molecular formula is C20H18N4O5-2. The zero-order valence-corrected chi connectivity index (χ0v) is 15.1. The van der Waals surface area contributed by atoms with Gasteiger partial charge in [0.25, 0.3) is 0 Å². The van der Waals surface area contributed by atoms with Crippen LogP contribution in [0.4, 0.5) is 17.1 Å². The number of anilines is 3. The van der Waals surface area contributed by atoms with Crippen LogP contribution in [0.15, 0.2) is 84.0 Å². The van der Waals surface area contributed by atoms with Crippen molar-refractivity contribution in [2.45, 2.75) is 6.10 Å². The highest BCUT2D eigenvalue weighted by Gasteiger charge is 2.18. The predicted molar refractivity (Wildman–Crippen MR) is 110 cm³/mol. The van der Waals surface area contributed by atoms with Gasteiger partial charge in [-0.15, -0.1) is 5.23 Å². The maximum Gasteiger partial charge on any atom is 0.123 e. The summed E-state index contributed by atoms with van der Waals surface area (Å²) < 4.78 is 0. The fourth-order valence-electron chi connectivity index (χ4n) is 2.70. The first kappa shape index (κ1) is 20.3. The standard InChI is InChI=1S/C20H18N4O5/c25-20(15-9-5-2-6-10-15)19(14-7-3-1-4-8-14)22-21-17-12-11-16(23(26)27)13-18(17)24(28)29/h1-13,20-21,25,28-29H/q-2/t20-/m1/s1. The number of rotatable bonds is 7. The molecule has 0 aliphatic heterocycles. The molecule has 9 heteroatoms. The molecule has 0 aromatic heterocycles. The summed E-state index contributed by atoms with van der Waals surface area (Å²) in [6, 6.07) is 21.3. The summed E-state index contributed by atoms with van der Waals surface area (Å²) in [6.07, 6.45) is -1.06. The number of hydrazone groups is 1. The number of hydrogen-bond acceptors (Lipinski definition) is 9. The van der Waals surface area contributed by atoms with Crippen molar-refractivity contribution in [3.05, 3.63) is 100 Å². The molecule has 0 saturated carbocycles. The molecule has 3 aromatic carbocycles. The fraction of sp³-hybridized carbons (Fsp3) is 0.0500. The molecule has 0 bridgehead atoms. The predicted octanol–water partition coefficient (Wildman–Crippen LogP) is 3.62. The van der Waals surface area contributed by atoms with E-state index in [0.717, 1.165) is 6.07 Å². The van der Waals surface area contributed by atoms with E-state index in [4.69, 9.17) is 0 Å². The van der Waals surface area contributed by atoms with Crippen LogP contribution in [0.5, 0.6) is 0 Å². The van der Waals surface area contributed by atoms with Gasteiger partial charge < -0.3 is 20.7 Å². The lowest BCUT2D eigenvalue weighted by molar-refractivity contribution is 0.0295. The lowest BCUT2D eigenvalue weighted by Crippen LogP contribution is -2.17. The van der Waals surface area contributed by atoms with Crippen LogP contribution in [0.1, 0.15) is 17.2 Å². The Bertz CT molecular complexity index is 965. The van der Waals surface area contributed by atoms with Gasteiger partial charge in [-0.05, 0) is 23.8 Å². The summed E-state index contributed by atoms with van der Waals surface area (Å²) in [5.41, 5.74) is 3.69. The van der Waals surface area contributed by atoms with Crippen LogP contribution < -0.4 is 15.9 Å². The van der Waals surface area contributed by atoms with Crippen molar-refractivity contribution in [2.24, 2.45) is 5.10 Å². The quantitative estimate of drug-likeness (QED) is 0.352. The Balaban J connectivity index is 1.99. The molecule has 0 unspecified atom stereocenters. The van der Waals surface area contributed by atoms with Gasteiger partial charge in [0.15, 0.2) is 0 Å². The Morgan fingerprint density at radius 1 is 0.897 bits per heavy atom. The van der Waals surface area contributed by atoms with E-state index in [0.29, 0.717) is 11.1 Å². The molecule has 0 saturated heterocycles. The lowest BCUT2D eigenvalue weighted by atomic mass is 9.99. The van der Waals surface area contributed by atoms with Crippen LogP contribution in [0.3, 0.4) is 0 Å². The van der Waals surface area contributed by atoms with Crippen LogP contribution in [-0.4, -0.2) is 21.2 Å². The van der Waals surface area contributed by atoms with Gasteiger partial charge in [0.1, 0.15) is 17.5 Å². The summed E-state index contributed by atoms with van der Waals surface area (Å²) in [4.78, 5) is 0. The highest BCUT2D eigenvalue weighted by Crippen LogP contribution is 2.30. The molecule has 0 heterocycles. The van der Waals surface area contributed by atoms with E-state index in [1.165, 1.54) is 12.1 Å². The molecule has 3 aromatic rings. The third-order valence-electron chi connectivity index (χ3n) is 4.15. The zero-order valence-electron chi connectivity index (χ0n) is 15.1. The summed E-state index contributed by atoms with van der Waals surface area (Å²) in [7, 11) is 0. The van der Waals surface area contributed by atoms with Gasteiger partial charge in [-0.2, -0.15) is 5.10 Å². The molecule has 9 nitrogen and oxygen atoms in total. The van der Waals surface area contributed by atoms with Crippen molar-refractivity contribution < 1.29 is 15.5 Å². The SMILES string of the molecule is [O-]N([O-])c1ccc(NN=C(c2ccccc2)[C@H](O)c2ccccc2)c(N(O)O)c1. The smallest absolute Gasteiger partial charge is 0.123 e. The Morgan fingerprint density at radius 2 is 1.52 bits per heavy atom.